The quantitative estimate of drug-likeness (QED) is 0.180. The van der Waals surface area contributed by atoms with Gasteiger partial charge in [0.1, 0.15) is 0 Å². The van der Waals surface area contributed by atoms with Crippen molar-refractivity contribution in [2.45, 2.75) is 125 Å². The number of benzene rings is 4. The molecular formula is C48H60HfSi. The van der Waals surface area contributed by atoms with E-state index in [2.05, 4.69) is 155 Å². The minimum absolute atomic E-state index is 0.629. The molecule has 0 bridgehead atoms. The molecule has 0 saturated carbocycles. The van der Waals surface area contributed by atoms with Crippen LogP contribution in [-0.4, -0.2) is 8.07 Å². The van der Waals surface area contributed by atoms with Crippen LogP contribution in [0.4, 0.5) is 0 Å². The molecule has 50 heavy (non-hydrogen) atoms. The molecule has 2 heteroatoms. The molecule has 2 atom stereocenters. The van der Waals surface area contributed by atoms with Crippen LogP contribution in [0.3, 0.4) is 0 Å². The van der Waals surface area contributed by atoms with Gasteiger partial charge in [-0.05, 0) is 0 Å². The monoisotopic (exact) mass is 844 g/mol. The Balaban J connectivity index is 1.54. The zero-order valence-corrected chi connectivity index (χ0v) is 38.5. The van der Waals surface area contributed by atoms with Crippen molar-refractivity contribution in [3.63, 3.8) is 0 Å². The molecule has 3 aliphatic rings. The van der Waals surface area contributed by atoms with Gasteiger partial charge in [-0.2, -0.15) is 0 Å². The summed E-state index contributed by atoms with van der Waals surface area (Å²) in [5, 5.41) is 3.78. The summed E-state index contributed by atoms with van der Waals surface area (Å²) in [7, 11) is -2.17. The van der Waals surface area contributed by atoms with Crippen LogP contribution >= 0.6 is 0 Å². The van der Waals surface area contributed by atoms with E-state index in [0.29, 0.717) is 18.4 Å². The predicted octanol–water partition coefficient (Wildman–Crippen LogP) is 14.3. The van der Waals surface area contributed by atoms with Gasteiger partial charge >= 0.3 is 312 Å². The van der Waals surface area contributed by atoms with Crippen molar-refractivity contribution in [2.24, 2.45) is 0 Å². The van der Waals surface area contributed by atoms with Crippen LogP contribution in [-0.2, 0) is 20.0 Å². The summed E-state index contributed by atoms with van der Waals surface area (Å²) >= 11 is -3.21. The fourth-order valence-electron chi connectivity index (χ4n) is 11.7. The maximum absolute atomic E-state index is 3.21. The molecule has 2 unspecified atom stereocenters. The fraction of sp³-hybridized carbons (Fsp3) is 0.417. The summed E-state index contributed by atoms with van der Waals surface area (Å²) < 4.78 is 6.93. The summed E-state index contributed by atoms with van der Waals surface area (Å²) in [5.74, 6) is 0. The zero-order valence-electron chi connectivity index (χ0n) is 33.9. The molecule has 1 fully saturated rings. The molecule has 0 spiro atoms. The molecule has 0 amide bonds. The third-order valence-corrected chi connectivity index (χ3v) is 38.6. The predicted molar refractivity (Wildman–Crippen MR) is 220 cm³/mol. The molecule has 1 heterocycles. The molecule has 4 aromatic carbocycles. The summed E-state index contributed by atoms with van der Waals surface area (Å²) in [4.78, 5) is 0. The molecule has 1 saturated heterocycles. The molecule has 260 valence electrons. The third-order valence-electron chi connectivity index (χ3n) is 14.9. The van der Waals surface area contributed by atoms with Crippen LogP contribution in [0.15, 0.2) is 46.8 Å². The number of allylic oxidation sites excluding steroid dienone is 2. The second kappa shape index (κ2) is 12.0. The Labute approximate surface area is 309 Å². The first-order valence-electron chi connectivity index (χ1n) is 19.3. The van der Waals surface area contributed by atoms with E-state index in [4.69, 9.17) is 0 Å². The Morgan fingerprint density at radius 2 is 0.760 bits per heavy atom. The van der Waals surface area contributed by atoms with E-state index in [1.807, 2.05) is 10.4 Å². The molecular weight excluding hydrogens is 783 g/mol. The van der Waals surface area contributed by atoms with Crippen molar-refractivity contribution < 1.29 is 20.0 Å². The SMILES string of the molecule is Cc1c(C)c(C)c(-c2cccc3c2C=C2[CH]3[Hf]([CH3])([CH3])[CH]3C(=Cc4c(-c5c(C)c(C)c(C)c(C)c5C)cccc43)[Si]2(C(C)C)C(C)C)c(C)c1C. The summed E-state index contributed by atoms with van der Waals surface area (Å²) in [5.41, 5.74) is 28.2. The first-order chi connectivity index (χ1) is 23.4. The molecule has 0 aromatic heterocycles. The molecule has 0 N–H and O–H groups in total. The second-order valence-electron chi connectivity index (χ2n) is 17.7. The molecule has 0 radical (unpaired) electrons. The molecule has 0 nitrogen and oxygen atoms in total. The standard InChI is InChI=1S/C46H54Si.2CH3.Hf/c1-25(2)47(26(3)4,39-21-37-17-15-19-41(43(37)23-39)45-33(11)29(7)27(5)30(8)34(45)12)40-22-38-18-16-20-42(44(38)24-40)46-35(13)31(9)28(6)32(10)36(46)14;;;/h15-26H,1-14H3;2*1H3;. The number of hydrogen-bond donors (Lipinski definition) is 0. The van der Waals surface area contributed by atoms with Gasteiger partial charge in [0, 0.05) is 0 Å². The minimum atomic E-state index is -3.21. The van der Waals surface area contributed by atoms with Gasteiger partial charge in [0.05, 0.1) is 0 Å². The summed E-state index contributed by atoms with van der Waals surface area (Å²) in [6, 6.07) is 14.8. The van der Waals surface area contributed by atoms with E-state index in [1.165, 1.54) is 77.9 Å². The molecule has 1 aliphatic heterocycles. The first-order valence-corrected chi connectivity index (χ1v) is 32.8. The Hall–Kier alpha value is -2.55. The van der Waals surface area contributed by atoms with Crippen LogP contribution in [0, 0.1) is 69.2 Å². The summed E-state index contributed by atoms with van der Waals surface area (Å²) in [6.45, 7) is 33.8. The normalized spacial score (nSPS) is 19.7. The van der Waals surface area contributed by atoms with E-state index < -0.39 is 28.0 Å². The van der Waals surface area contributed by atoms with E-state index in [9.17, 15) is 0 Å². The van der Waals surface area contributed by atoms with Gasteiger partial charge in [-0.3, -0.25) is 0 Å². The second-order valence-corrected chi connectivity index (χ2v) is 40.1. The van der Waals surface area contributed by atoms with Crippen molar-refractivity contribution in [2.75, 3.05) is 0 Å². The fourth-order valence-corrected chi connectivity index (χ4v) is 44.4. The van der Waals surface area contributed by atoms with E-state index in [1.54, 1.807) is 22.3 Å². The van der Waals surface area contributed by atoms with Gasteiger partial charge in [0.25, 0.3) is 0 Å². The van der Waals surface area contributed by atoms with Crippen molar-refractivity contribution in [1.82, 2.24) is 0 Å². The van der Waals surface area contributed by atoms with E-state index in [-0.39, 0.29) is 0 Å². The van der Waals surface area contributed by atoms with Crippen LogP contribution in [0.5, 0.6) is 0 Å². The van der Waals surface area contributed by atoms with Crippen molar-refractivity contribution in [3.8, 4) is 22.3 Å². The van der Waals surface area contributed by atoms with Crippen molar-refractivity contribution >= 4 is 20.2 Å². The topological polar surface area (TPSA) is 0 Å². The van der Waals surface area contributed by atoms with Gasteiger partial charge in [-0.1, -0.05) is 0 Å². The Morgan fingerprint density at radius 1 is 0.460 bits per heavy atom. The van der Waals surface area contributed by atoms with Gasteiger partial charge in [-0.15, -0.1) is 0 Å². The van der Waals surface area contributed by atoms with Gasteiger partial charge in [0.2, 0.25) is 0 Å². The third kappa shape index (κ3) is 4.49. The van der Waals surface area contributed by atoms with Crippen LogP contribution in [0.1, 0.15) is 113 Å². The Kier molecular flexibility index (Phi) is 8.59. The maximum atomic E-state index is 2.83. The van der Waals surface area contributed by atoms with E-state index in [0.717, 1.165) is 0 Å². The van der Waals surface area contributed by atoms with Gasteiger partial charge in [0.15, 0.2) is 0 Å². The Morgan fingerprint density at radius 3 is 1.06 bits per heavy atom. The zero-order chi connectivity index (χ0) is 36.5. The van der Waals surface area contributed by atoms with Gasteiger partial charge < -0.3 is 0 Å². The number of hydrogen-bond acceptors (Lipinski definition) is 0. The van der Waals surface area contributed by atoms with Crippen LogP contribution in [0.25, 0.3) is 34.4 Å². The molecule has 7 rings (SSSR count). The number of fused-ring (bicyclic) bond motifs is 6. The van der Waals surface area contributed by atoms with E-state index >= 15 is 0 Å². The number of rotatable bonds is 4. The average Bonchev–Trinajstić information content (AvgIpc) is 3.67. The Bertz CT molecular complexity index is 1990. The summed E-state index contributed by atoms with van der Waals surface area (Å²) in [6.07, 6.45) is 5.63. The molecule has 2 aliphatic carbocycles. The van der Waals surface area contributed by atoms with Crippen LogP contribution in [0.2, 0.25) is 20.4 Å². The van der Waals surface area contributed by atoms with Crippen molar-refractivity contribution in [3.05, 3.63) is 125 Å². The van der Waals surface area contributed by atoms with Crippen molar-refractivity contribution in [1.29, 1.82) is 0 Å². The first kappa shape index (κ1) is 35.8. The van der Waals surface area contributed by atoms with Gasteiger partial charge in [-0.25, -0.2) is 0 Å². The molecule has 4 aromatic rings. The van der Waals surface area contributed by atoms with Crippen LogP contribution < -0.4 is 0 Å². The average molecular weight is 844 g/mol.